The molecule has 6 nitrogen and oxygen atoms in total. The minimum absolute atomic E-state index is 0.103. The van der Waals surface area contributed by atoms with Crippen molar-refractivity contribution in [1.82, 2.24) is 16.0 Å². The van der Waals surface area contributed by atoms with E-state index >= 15 is 0 Å². The molecule has 4 unspecified atom stereocenters. The Morgan fingerprint density at radius 1 is 1.46 bits per heavy atom. The zero-order valence-corrected chi connectivity index (χ0v) is 16.7. The van der Waals surface area contributed by atoms with Crippen LogP contribution < -0.4 is 16.0 Å². The molecular weight excluding hydrogens is 352 g/mol. The second-order valence-electron chi connectivity index (χ2n) is 7.34. The molecule has 1 amide bonds. The average molecular weight is 380 g/mol. The summed E-state index contributed by atoms with van der Waals surface area (Å²) in [5, 5.41) is 19.2. The fourth-order valence-corrected chi connectivity index (χ4v) is 3.49. The van der Waals surface area contributed by atoms with Crippen molar-refractivity contribution >= 4 is 11.5 Å². The van der Waals surface area contributed by atoms with Gasteiger partial charge in [0.1, 0.15) is 6.10 Å². The Balaban J connectivity index is 1.72. The Bertz CT molecular complexity index is 824. The number of carbonyl (C=O) groups is 1. The van der Waals surface area contributed by atoms with Crippen LogP contribution in [-0.4, -0.2) is 44.3 Å². The number of hydrogen-bond donors (Lipinski definition) is 3. The number of carbonyl (C=O) groups excluding carboxylic acids is 1. The van der Waals surface area contributed by atoms with Gasteiger partial charge in [0, 0.05) is 37.9 Å². The van der Waals surface area contributed by atoms with E-state index in [0.29, 0.717) is 18.0 Å². The maximum atomic E-state index is 12.0. The first-order valence-electron chi connectivity index (χ1n) is 9.80. The standard InChI is InChI=1S/C22H28N4O2/c1-4-19(13-25-22(27)14(2)28-3)26-20-10-17(9-18-12-24-21(18)20)16-7-5-6-15(8-16)11-23/h5-10,14,18-19,21,24,26H,4,12-13H2,1-3H3,(H,25,27). The quantitative estimate of drug-likeness (QED) is 0.642. The molecule has 0 bridgehead atoms. The Morgan fingerprint density at radius 2 is 2.29 bits per heavy atom. The van der Waals surface area contributed by atoms with E-state index in [0.717, 1.165) is 29.8 Å². The smallest absolute Gasteiger partial charge is 0.248 e. The lowest BCUT2D eigenvalue weighted by Crippen LogP contribution is -2.58. The summed E-state index contributed by atoms with van der Waals surface area (Å²) in [6.07, 6.45) is 4.88. The van der Waals surface area contributed by atoms with Crippen LogP contribution in [0.4, 0.5) is 0 Å². The van der Waals surface area contributed by atoms with Gasteiger partial charge < -0.3 is 20.7 Å². The van der Waals surface area contributed by atoms with Crippen LogP contribution in [0, 0.1) is 17.2 Å². The molecule has 1 fully saturated rings. The van der Waals surface area contributed by atoms with Gasteiger partial charge >= 0.3 is 0 Å². The zero-order chi connectivity index (χ0) is 20.1. The first-order valence-corrected chi connectivity index (χ1v) is 9.80. The van der Waals surface area contributed by atoms with Gasteiger partial charge in [-0.1, -0.05) is 25.1 Å². The Hall–Kier alpha value is -2.62. The molecule has 0 radical (unpaired) electrons. The summed E-state index contributed by atoms with van der Waals surface area (Å²) < 4.78 is 5.07. The van der Waals surface area contributed by atoms with Crippen LogP contribution in [0.3, 0.4) is 0 Å². The average Bonchev–Trinajstić information content (AvgIpc) is 2.71. The van der Waals surface area contributed by atoms with Crippen molar-refractivity contribution in [2.75, 3.05) is 20.2 Å². The highest BCUT2D eigenvalue weighted by Gasteiger charge is 2.35. The fourth-order valence-electron chi connectivity index (χ4n) is 3.49. The van der Waals surface area contributed by atoms with Crippen molar-refractivity contribution < 1.29 is 9.53 Å². The number of rotatable bonds is 8. The van der Waals surface area contributed by atoms with E-state index in [1.807, 2.05) is 24.3 Å². The summed E-state index contributed by atoms with van der Waals surface area (Å²) in [6, 6.07) is 10.3. The molecule has 1 aliphatic heterocycles. The molecule has 1 aliphatic carbocycles. The predicted octanol–water partition coefficient (Wildman–Crippen LogP) is 1.95. The van der Waals surface area contributed by atoms with Gasteiger partial charge in [-0.2, -0.15) is 5.26 Å². The molecule has 2 aliphatic rings. The Morgan fingerprint density at radius 3 is 2.93 bits per heavy atom. The van der Waals surface area contributed by atoms with Crippen LogP contribution in [-0.2, 0) is 9.53 Å². The number of methoxy groups -OCH3 is 1. The van der Waals surface area contributed by atoms with Gasteiger partial charge in [-0.3, -0.25) is 4.79 Å². The molecular formula is C22H28N4O2. The zero-order valence-electron chi connectivity index (χ0n) is 16.7. The lowest BCUT2D eigenvalue weighted by atomic mass is 9.81. The van der Waals surface area contributed by atoms with Gasteiger partial charge in [0.2, 0.25) is 5.91 Å². The highest BCUT2D eigenvalue weighted by molar-refractivity contribution is 5.80. The van der Waals surface area contributed by atoms with E-state index in [9.17, 15) is 10.1 Å². The summed E-state index contributed by atoms with van der Waals surface area (Å²) in [5.41, 5.74) is 3.99. The molecule has 1 aromatic rings. The topological polar surface area (TPSA) is 86.2 Å². The van der Waals surface area contributed by atoms with Crippen molar-refractivity contribution in [3.8, 4) is 6.07 Å². The highest BCUT2D eigenvalue weighted by atomic mass is 16.5. The maximum absolute atomic E-state index is 12.0. The monoisotopic (exact) mass is 380 g/mol. The van der Waals surface area contributed by atoms with Crippen LogP contribution in [0.1, 0.15) is 31.4 Å². The molecule has 3 N–H and O–H groups in total. The number of nitriles is 1. The molecule has 1 aromatic carbocycles. The summed E-state index contributed by atoms with van der Waals surface area (Å²) in [5.74, 6) is 0.336. The minimum atomic E-state index is -0.453. The molecule has 28 heavy (non-hydrogen) atoms. The van der Waals surface area contributed by atoms with E-state index < -0.39 is 6.10 Å². The number of amides is 1. The maximum Gasteiger partial charge on any atom is 0.248 e. The highest BCUT2D eigenvalue weighted by Crippen LogP contribution is 2.32. The largest absolute Gasteiger partial charge is 0.383 e. The first-order chi connectivity index (χ1) is 13.5. The number of allylic oxidation sites excluding steroid dienone is 2. The third kappa shape index (κ3) is 4.44. The van der Waals surface area contributed by atoms with Crippen LogP contribution in [0.25, 0.3) is 5.57 Å². The number of hydrogen-bond acceptors (Lipinski definition) is 5. The number of fused-ring (bicyclic) bond motifs is 1. The van der Waals surface area contributed by atoms with E-state index in [-0.39, 0.29) is 18.0 Å². The van der Waals surface area contributed by atoms with Gasteiger partial charge in [-0.15, -0.1) is 0 Å². The molecule has 0 spiro atoms. The van der Waals surface area contributed by atoms with Crippen LogP contribution >= 0.6 is 0 Å². The first kappa shape index (κ1) is 20.1. The molecule has 1 heterocycles. The summed E-state index contributed by atoms with van der Waals surface area (Å²) >= 11 is 0. The van der Waals surface area contributed by atoms with E-state index in [2.05, 4.69) is 41.1 Å². The summed E-state index contributed by atoms with van der Waals surface area (Å²) in [6.45, 7) is 5.33. The van der Waals surface area contributed by atoms with Crippen LogP contribution in [0.5, 0.6) is 0 Å². The van der Waals surface area contributed by atoms with Crippen molar-refractivity contribution in [1.29, 1.82) is 5.26 Å². The second kappa shape index (κ2) is 9.05. The van der Waals surface area contributed by atoms with Crippen molar-refractivity contribution in [3.05, 3.63) is 53.2 Å². The van der Waals surface area contributed by atoms with E-state index in [1.165, 1.54) is 7.11 Å². The van der Waals surface area contributed by atoms with Gasteiger partial charge in [0.25, 0.3) is 0 Å². The van der Waals surface area contributed by atoms with Crippen LogP contribution in [0.15, 0.2) is 42.1 Å². The third-order valence-corrected chi connectivity index (χ3v) is 5.48. The third-order valence-electron chi connectivity index (χ3n) is 5.48. The molecule has 4 atom stereocenters. The van der Waals surface area contributed by atoms with Gasteiger partial charge in [-0.05, 0) is 42.7 Å². The molecule has 1 saturated heterocycles. The van der Waals surface area contributed by atoms with Crippen molar-refractivity contribution in [2.45, 2.75) is 38.5 Å². The van der Waals surface area contributed by atoms with Gasteiger partial charge in [0.05, 0.1) is 17.7 Å². The lowest BCUT2D eigenvalue weighted by Gasteiger charge is -2.42. The number of benzene rings is 1. The minimum Gasteiger partial charge on any atom is -0.383 e. The van der Waals surface area contributed by atoms with E-state index in [4.69, 9.17) is 4.74 Å². The Labute approximate surface area is 166 Å². The fraction of sp³-hybridized carbons (Fsp3) is 0.455. The molecule has 0 aromatic heterocycles. The molecule has 3 rings (SSSR count). The predicted molar refractivity (Wildman–Crippen MR) is 109 cm³/mol. The molecule has 0 saturated carbocycles. The number of nitrogens with one attached hydrogen (secondary N) is 3. The summed E-state index contributed by atoms with van der Waals surface area (Å²) in [7, 11) is 1.53. The number of ether oxygens (including phenoxy) is 1. The SMILES string of the molecule is CCC(CNC(=O)C(C)OC)NC1=CC(c2cccc(C#N)c2)=CC2CNC12. The summed E-state index contributed by atoms with van der Waals surface area (Å²) in [4.78, 5) is 12.0. The van der Waals surface area contributed by atoms with Gasteiger partial charge in [0.15, 0.2) is 0 Å². The van der Waals surface area contributed by atoms with Crippen molar-refractivity contribution in [2.24, 2.45) is 5.92 Å². The Kier molecular flexibility index (Phi) is 6.50. The second-order valence-corrected chi connectivity index (χ2v) is 7.34. The van der Waals surface area contributed by atoms with E-state index in [1.54, 1.807) is 6.92 Å². The molecule has 148 valence electrons. The molecule has 6 heteroatoms. The normalized spacial score (nSPS) is 22.5. The number of nitrogens with zero attached hydrogens (tertiary/aromatic N) is 1. The van der Waals surface area contributed by atoms with Crippen LogP contribution in [0.2, 0.25) is 0 Å². The van der Waals surface area contributed by atoms with Gasteiger partial charge in [-0.25, -0.2) is 0 Å². The lowest BCUT2D eigenvalue weighted by molar-refractivity contribution is -0.130. The van der Waals surface area contributed by atoms with Crippen molar-refractivity contribution in [3.63, 3.8) is 0 Å².